The van der Waals surface area contributed by atoms with E-state index in [1.807, 2.05) is 34.6 Å². The maximum Gasteiger partial charge on any atom is 0.306 e. The lowest BCUT2D eigenvalue weighted by atomic mass is 9.98. The Morgan fingerprint density at radius 2 is 1.60 bits per heavy atom. The topological polar surface area (TPSA) is 55.4 Å². The molecule has 0 saturated carbocycles. The number of carbonyl (C=O) groups is 2. The standard InChI is InChI=1S/C16H31NO3/c1-7-8-9-10-13(18)17-16(5,6)12-11-14(19)20-15(2,3)4/h7-12H2,1-6H3,(H,17,18). The normalized spacial score (nSPS) is 12.1. The van der Waals surface area contributed by atoms with E-state index >= 15 is 0 Å². The number of esters is 1. The van der Waals surface area contributed by atoms with Crippen LogP contribution in [0.3, 0.4) is 0 Å². The van der Waals surface area contributed by atoms with E-state index in [4.69, 9.17) is 4.74 Å². The zero-order chi connectivity index (χ0) is 15.8. The molecule has 1 amide bonds. The molecule has 0 fully saturated rings. The van der Waals surface area contributed by atoms with Crippen LogP contribution in [0, 0.1) is 0 Å². The lowest BCUT2D eigenvalue weighted by molar-refractivity contribution is -0.155. The molecule has 0 radical (unpaired) electrons. The van der Waals surface area contributed by atoms with Gasteiger partial charge in [0.1, 0.15) is 5.60 Å². The van der Waals surface area contributed by atoms with Crippen LogP contribution in [0.2, 0.25) is 0 Å². The Kier molecular flexibility index (Phi) is 7.84. The number of unbranched alkanes of at least 4 members (excludes halogenated alkanes) is 2. The molecule has 0 bridgehead atoms. The summed E-state index contributed by atoms with van der Waals surface area (Å²) in [4.78, 5) is 23.4. The van der Waals surface area contributed by atoms with Crippen molar-refractivity contribution in [3.63, 3.8) is 0 Å². The molecule has 20 heavy (non-hydrogen) atoms. The summed E-state index contributed by atoms with van der Waals surface area (Å²) in [7, 11) is 0. The molecule has 0 aromatic heterocycles. The van der Waals surface area contributed by atoms with Crippen LogP contribution in [-0.4, -0.2) is 23.0 Å². The smallest absolute Gasteiger partial charge is 0.306 e. The lowest BCUT2D eigenvalue weighted by Crippen LogP contribution is -2.43. The number of rotatable bonds is 8. The molecule has 4 nitrogen and oxygen atoms in total. The molecule has 0 rings (SSSR count). The Hall–Kier alpha value is -1.06. The lowest BCUT2D eigenvalue weighted by Gasteiger charge is -2.27. The Bertz CT molecular complexity index is 316. The molecule has 0 aromatic carbocycles. The van der Waals surface area contributed by atoms with Crippen LogP contribution in [0.5, 0.6) is 0 Å². The minimum Gasteiger partial charge on any atom is -0.460 e. The third-order valence-electron chi connectivity index (χ3n) is 2.86. The molecule has 0 atom stereocenters. The number of hydrogen-bond acceptors (Lipinski definition) is 3. The van der Waals surface area contributed by atoms with E-state index in [0.29, 0.717) is 19.3 Å². The fraction of sp³-hybridized carbons (Fsp3) is 0.875. The molecule has 0 aliphatic rings. The Morgan fingerprint density at radius 1 is 1.00 bits per heavy atom. The summed E-state index contributed by atoms with van der Waals surface area (Å²) in [6, 6.07) is 0. The van der Waals surface area contributed by atoms with Crippen molar-refractivity contribution in [2.24, 2.45) is 0 Å². The van der Waals surface area contributed by atoms with Crippen LogP contribution in [0.15, 0.2) is 0 Å². The highest BCUT2D eigenvalue weighted by Gasteiger charge is 2.23. The fourth-order valence-corrected chi connectivity index (χ4v) is 1.85. The van der Waals surface area contributed by atoms with Crippen LogP contribution < -0.4 is 5.32 Å². The highest BCUT2D eigenvalue weighted by Crippen LogP contribution is 2.15. The minimum atomic E-state index is -0.454. The molecule has 0 aliphatic carbocycles. The van der Waals surface area contributed by atoms with Gasteiger partial charge in [0.05, 0.1) is 0 Å². The monoisotopic (exact) mass is 285 g/mol. The molecule has 0 spiro atoms. The molecule has 0 saturated heterocycles. The molecule has 0 aliphatic heterocycles. The maximum absolute atomic E-state index is 11.8. The van der Waals surface area contributed by atoms with Gasteiger partial charge in [-0.1, -0.05) is 19.8 Å². The van der Waals surface area contributed by atoms with Gasteiger partial charge in [-0.2, -0.15) is 0 Å². The molecule has 0 heterocycles. The second kappa shape index (κ2) is 8.28. The van der Waals surface area contributed by atoms with E-state index in [9.17, 15) is 9.59 Å². The maximum atomic E-state index is 11.8. The first kappa shape index (κ1) is 18.9. The Labute approximate surface area is 123 Å². The largest absolute Gasteiger partial charge is 0.460 e. The van der Waals surface area contributed by atoms with E-state index in [2.05, 4.69) is 12.2 Å². The number of amides is 1. The van der Waals surface area contributed by atoms with Gasteiger partial charge in [0.15, 0.2) is 0 Å². The van der Waals surface area contributed by atoms with Gasteiger partial charge in [-0.15, -0.1) is 0 Å². The Balaban J connectivity index is 4.06. The van der Waals surface area contributed by atoms with Crippen molar-refractivity contribution in [3.8, 4) is 0 Å². The number of ether oxygens (including phenoxy) is 1. The summed E-state index contributed by atoms with van der Waals surface area (Å²) in [5.41, 5.74) is -0.829. The van der Waals surface area contributed by atoms with Crippen molar-refractivity contribution < 1.29 is 14.3 Å². The van der Waals surface area contributed by atoms with Crippen molar-refractivity contribution in [1.29, 1.82) is 0 Å². The van der Waals surface area contributed by atoms with E-state index in [0.717, 1.165) is 19.3 Å². The third kappa shape index (κ3) is 10.8. The van der Waals surface area contributed by atoms with E-state index in [-0.39, 0.29) is 17.4 Å². The first-order valence-electron chi connectivity index (χ1n) is 7.58. The molecular weight excluding hydrogens is 254 g/mol. The van der Waals surface area contributed by atoms with Gasteiger partial charge in [0, 0.05) is 18.4 Å². The summed E-state index contributed by atoms with van der Waals surface area (Å²) in [6.07, 6.45) is 4.57. The Morgan fingerprint density at radius 3 is 2.10 bits per heavy atom. The van der Waals surface area contributed by atoms with Gasteiger partial charge in [-0.3, -0.25) is 9.59 Å². The van der Waals surface area contributed by atoms with E-state index < -0.39 is 5.60 Å². The average molecular weight is 285 g/mol. The van der Waals surface area contributed by atoms with Gasteiger partial charge in [0.25, 0.3) is 0 Å². The highest BCUT2D eigenvalue weighted by atomic mass is 16.6. The van der Waals surface area contributed by atoms with Crippen LogP contribution in [0.1, 0.15) is 80.1 Å². The van der Waals surface area contributed by atoms with Crippen molar-refractivity contribution in [2.45, 2.75) is 91.2 Å². The second-order valence-corrected chi connectivity index (χ2v) is 6.98. The quantitative estimate of drug-likeness (QED) is 0.548. The zero-order valence-corrected chi connectivity index (χ0v) is 14.0. The van der Waals surface area contributed by atoms with Crippen LogP contribution in [0.4, 0.5) is 0 Å². The van der Waals surface area contributed by atoms with Crippen LogP contribution in [0.25, 0.3) is 0 Å². The summed E-state index contributed by atoms with van der Waals surface area (Å²) in [5.74, 6) is -0.154. The SMILES string of the molecule is CCCCCC(=O)NC(C)(C)CCC(=O)OC(C)(C)C. The van der Waals surface area contributed by atoms with E-state index in [1.165, 1.54) is 0 Å². The van der Waals surface area contributed by atoms with Crippen LogP contribution >= 0.6 is 0 Å². The second-order valence-electron chi connectivity index (χ2n) is 6.98. The van der Waals surface area contributed by atoms with Crippen LogP contribution in [-0.2, 0) is 14.3 Å². The van der Waals surface area contributed by atoms with Crippen molar-refractivity contribution in [2.75, 3.05) is 0 Å². The first-order valence-corrected chi connectivity index (χ1v) is 7.58. The van der Waals surface area contributed by atoms with Gasteiger partial charge in [0.2, 0.25) is 5.91 Å². The molecule has 1 N–H and O–H groups in total. The predicted octanol–water partition coefficient (Wildman–Crippen LogP) is 3.58. The van der Waals surface area contributed by atoms with Crippen molar-refractivity contribution in [1.82, 2.24) is 5.32 Å². The molecular formula is C16H31NO3. The molecule has 118 valence electrons. The summed E-state index contributed by atoms with van der Waals surface area (Å²) in [5, 5.41) is 2.99. The number of nitrogens with one attached hydrogen (secondary N) is 1. The van der Waals surface area contributed by atoms with Gasteiger partial charge >= 0.3 is 5.97 Å². The van der Waals surface area contributed by atoms with Crippen molar-refractivity contribution >= 4 is 11.9 Å². The third-order valence-corrected chi connectivity index (χ3v) is 2.86. The average Bonchev–Trinajstić information content (AvgIpc) is 2.24. The molecule has 0 aromatic rings. The minimum absolute atomic E-state index is 0.0626. The van der Waals surface area contributed by atoms with Crippen molar-refractivity contribution in [3.05, 3.63) is 0 Å². The molecule has 4 heteroatoms. The van der Waals surface area contributed by atoms with E-state index in [1.54, 1.807) is 0 Å². The highest BCUT2D eigenvalue weighted by molar-refractivity contribution is 5.76. The number of hydrogen-bond donors (Lipinski definition) is 1. The van der Waals surface area contributed by atoms with Gasteiger partial charge < -0.3 is 10.1 Å². The van der Waals surface area contributed by atoms with Gasteiger partial charge in [-0.05, 0) is 47.5 Å². The first-order chi connectivity index (χ1) is 9.06. The summed E-state index contributed by atoms with van der Waals surface area (Å²) in [6.45, 7) is 11.6. The number of carbonyl (C=O) groups excluding carboxylic acids is 2. The predicted molar refractivity (Wildman–Crippen MR) is 81.4 cm³/mol. The molecule has 0 unspecified atom stereocenters. The van der Waals surface area contributed by atoms with Gasteiger partial charge in [-0.25, -0.2) is 0 Å². The summed E-state index contributed by atoms with van der Waals surface area (Å²) < 4.78 is 5.27. The zero-order valence-electron chi connectivity index (χ0n) is 14.0. The summed E-state index contributed by atoms with van der Waals surface area (Å²) >= 11 is 0. The fourth-order valence-electron chi connectivity index (χ4n) is 1.85.